The highest BCUT2D eigenvalue weighted by Crippen LogP contribution is 2.26. The van der Waals surface area contributed by atoms with Gasteiger partial charge in [-0.1, -0.05) is 133 Å². The van der Waals surface area contributed by atoms with Crippen molar-refractivity contribution in [2.75, 3.05) is 0 Å². The molecule has 4 nitrogen and oxygen atoms in total. The van der Waals surface area contributed by atoms with Gasteiger partial charge in [-0.3, -0.25) is 0 Å². The van der Waals surface area contributed by atoms with Gasteiger partial charge in [0.25, 0.3) is 10.2 Å². The molecular weight excluding hydrogens is 500 g/mol. The molecule has 0 saturated carbocycles. The van der Waals surface area contributed by atoms with E-state index in [-0.39, 0.29) is 13.1 Å². The van der Waals surface area contributed by atoms with Gasteiger partial charge in [0.2, 0.25) is 0 Å². The molecule has 4 rings (SSSR count). The summed E-state index contributed by atoms with van der Waals surface area (Å²) in [5, 5.41) is 0. The van der Waals surface area contributed by atoms with E-state index in [0.717, 1.165) is 22.3 Å². The molecule has 0 radical (unpaired) electrons. The minimum absolute atomic E-state index is 0.229. The second-order valence-corrected chi connectivity index (χ2v) is 11.4. The Kier molecular flexibility index (Phi) is 10.0. The highest BCUT2D eigenvalue weighted by atomic mass is 32.2. The molecule has 2 atom stereocenters. The van der Waals surface area contributed by atoms with Gasteiger partial charge in [-0.15, -0.1) is 13.2 Å². The van der Waals surface area contributed by atoms with Crippen LogP contribution in [0.3, 0.4) is 0 Å². The maximum Gasteiger partial charge on any atom is 0.283 e. The maximum atomic E-state index is 14.8. The summed E-state index contributed by atoms with van der Waals surface area (Å²) >= 11 is 0. The van der Waals surface area contributed by atoms with Crippen LogP contribution in [-0.2, 0) is 36.1 Å². The van der Waals surface area contributed by atoms with Crippen LogP contribution in [0.1, 0.15) is 22.3 Å². The Morgan fingerprint density at radius 1 is 0.513 bits per heavy atom. The van der Waals surface area contributed by atoms with Gasteiger partial charge in [0, 0.05) is 25.2 Å². The van der Waals surface area contributed by atoms with Crippen molar-refractivity contribution < 1.29 is 8.42 Å². The second kappa shape index (κ2) is 13.9. The van der Waals surface area contributed by atoms with Crippen LogP contribution in [0.2, 0.25) is 0 Å². The van der Waals surface area contributed by atoms with Crippen molar-refractivity contribution in [2.24, 2.45) is 0 Å². The van der Waals surface area contributed by atoms with E-state index in [4.69, 9.17) is 0 Å². The maximum absolute atomic E-state index is 14.8. The molecule has 200 valence electrons. The summed E-state index contributed by atoms with van der Waals surface area (Å²) in [7, 11) is -4.00. The molecule has 0 bridgehead atoms. The standard InChI is InChI=1S/C34H36N2O2S/c1-3-33(25-29-17-9-5-10-18-29)35(27-31-21-13-7-14-22-31)39(37,38)36(28-32-23-15-8-16-24-32)34(4-2)26-30-19-11-6-12-20-30/h3-24,33-34H,1-2,25-28H2/t33-,34-/m1/s1. The summed E-state index contributed by atoms with van der Waals surface area (Å²) in [4.78, 5) is 0. The minimum Gasteiger partial charge on any atom is -0.195 e. The molecule has 0 N–H and O–H groups in total. The number of rotatable bonds is 14. The van der Waals surface area contributed by atoms with Crippen molar-refractivity contribution in [1.29, 1.82) is 0 Å². The number of hydrogen-bond acceptors (Lipinski definition) is 2. The Bertz CT molecular complexity index is 1300. The summed E-state index contributed by atoms with van der Waals surface area (Å²) < 4.78 is 32.7. The van der Waals surface area contributed by atoms with E-state index in [1.54, 1.807) is 20.8 Å². The molecule has 0 fully saturated rings. The molecule has 0 unspecified atom stereocenters. The van der Waals surface area contributed by atoms with Crippen molar-refractivity contribution >= 4 is 10.2 Å². The van der Waals surface area contributed by atoms with E-state index in [9.17, 15) is 8.42 Å². The molecule has 0 amide bonds. The van der Waals surface area contributed by atoms with E-state index in [1.807, 2.05) is 121 Å². The molecule has 39 heavy (non-hydrogen) atoms. The molecule has 0 spiro atoms. The Morgan fingerprint density at radius 3 is 1.08 bits per heavy atom. The zero-order chi connectivity index (χ0) is 27.5. The number of benzene rings is 4. The number of nitrogens with zero attached hydrogens (tertiary/aromatic N) is 2. The van der Waals surface area contributed by atoms with Gasteiger partial charge in [0.1, 0.15) is 0 Å². The first kappa shape index (κ1) is 28.2. The van der Waals surface area contributed by atoms with Gasteiger partial charge in [-0.2, -0.15) is 17.0 Å². The first-order chi connectivity index (χ1) is 19.0. The molecule has 0 aliphatic carbocycles. The molecule has 4 aromatic carbocycles. The Hall–Kier alpha value is -3.77. The fourth-order valence-corrected chi connectivity index (χ4v) is 6.62. The summed E-state index contributed by atoms with van der Waals surface area (Å²) in [5.74, 6) is 0. The van der Waals surface area contributed by atoms with Gasteiger partial charge in [-0.05, 0) is 35.1 Å². The zero-order valence-corrected chi connectivity index (χ0v) is 23.0. The van der Waals surface area contributed by atoms with E-state index >= 15 is 0 Å². The van der Waals surface area contributed by atoms with Crippen LogP contribution in [0.5, 0.6) is 0 Å². The fraction of sp³-hybridized carbons (Fsp3) is 0.176. The molecular formula is C34H36N2O2S. The van der Waals surface area contributed by atoms with Crippen LogP contribution in [0.25, 0.3) is 0 Å². The average molecular weight is 537 g/mol. The van der Waals surface area contributed by atoms with Crippen molar-refractivity contribution in [3.05, 3.63) is 169 Å². The molecule has 0 aliphatic rings. The van der Waals surface area contributed by atoms with Crippen LogP contribution in [0.15, 0.2) is 147 Å². The lowest BCUT2D eigenvalue weighted by Crippen LogP contribution is -2.51. The van der Waals surface area contributed by atoms with Crippen LogP contribution in [0.4, 0.5) is 0 Å². The quantitative estimate of drug-likeness (QED) is 0.166. The molecule has 0 aromatic heterocycles. The van der Waals surface area contributed by atoms with E-state index in [0.29, 0.717) is 12.8 Å². The molecule has 5 heteroatoms. The Morgan fingerprint density at radius 2 is 0.795 bits per heavy atom. The Labute approximate surface area is 233 Å². The van der Waals surface area contributed by atoms with Gasteiger partial charge in [-0.25, -0.2) is 0 Å². The van der Waals surface area contributed by atoms with Crippen molar-refractivity contribution in [2.45, 2.75) is 38.0 Å². The van der Waals surface area contributed by atoms with Crippen molar-refractivity contribution in [3.8, 4) is 0 Å². The highest BCUT2D eigenvalue weighted by Gasteiger charge is 2.37. The van der Waals surface area contributed by atoms with Crippen LogP contribution >= 0.6 is 0 Å². The SMILES string of the molecule is C=C[C@H](Cc1ccccc1)N(Cc1ccccc1)S(=O)(=O)N(Cc1ccccc1)[C@H](C=C)Cc1ccccc1. The lowest BCUT2D eigenvalue weighted by atomic mass is 10.1. The monoisotopic (exact) mass is 536 g/mol. The third-order valence-corrected chi connectivity index (χ3v) is 8.80. The third kappa shape index (κ3) is 7.64. The predicted molar refractivity (Wildman–Crippen MR) is 161 cm³/mol. The highest BCUT2D eigenvalue weighted by molar-refractivity contribution is 7.86. The first-order valence-electron chi connectivity index (χ1n) is 13.2. The number of hydrogen-bond donors (Lipinski definition) is 0. The molecule has 4 aromatic rings. The minimum atomic E-state index is -4.00. The average Bonchev–Trinajstić information content (AvgIpc) is 2.98. The van der Waals surface area contributed by atoms with E-state index < -0.39 is 22.3 Å². The first-order valence-corrected chi connectivity index (χ1v) is 14.6. The smallest absolute Gasteiger partial charge is 0.195 e. The van der Waals surface area contributed by atoms with Crippen LogP contribution in [-0.4, -0.2) is 29.1 Å². The van der Waals surface area contributed by atoms with Crippen molar-refractivity contribution in [1.82, 2.24) is 8.61 Å². The second-order valence-electron chi connectivity index (χ2n) is 9.55. The summed E-state index contributed by atoms with van der Waals surface area (Å²) in [5.41, 5.74) is 3.93. The third-order valence-electron chi connectivity index (χ3n) is 6.81. The van der Waals surface area contributed by atoms with Crippen molar-refractivity contribution in [3.63, 3.8) is 0 Å². The van der Waals surface area contributed by atoms with Crippen LogP contribution in [0, 0.1) is 0 Å². The normalized spacial score (nSPS) is 13.2. The molecule has 0 aliphatic heterocycles. The van der Waals surface area contributed by atoms with Gasteiger partial charge in [0.05, 0.1) is 0 Å². The Balaban J connectivity index is 1.77. The lowest BCUT2D eigenvalue weighted by Gasteiger charge is -2.37. The summed E-state index contributed by atoms with van der Waals surface area (Å²) in [6, 6.07) is 38.5. The topological polar surface area (TPSA) is 40.6 Å². The van der Waals surface area contributed by atoms with Gasteiger partial charge in [0.15, 0.2) is 0 Å². The van der Waals surface area contributed by atoms with E-state index in [1.165, 1.54) is 0 Å². The van der Waals surface area contributed by atoms with E-state index in [2.05, 4.69) is 13.2 Å². The fourth-order valence-electron chi connectivity index (χ4n) is 4.72. The van der Waals surface area contributed by atoms with Crippen LogP contribution < -0.4 is 0 Å². The molecule has 0 saturated heterocycles. The lowest BCUT2D eigenvalue weighted by molar-refractivity contribution is 0.278. The van der Waals surface area contributed by atoms with Gasteiger partial charge >= 0.3 is 0 Å². The van der Waals surface area contributed by atoms with Gasteiger partial charge < -0.3 is 0 Å². The summed E-state index contributed by atoms with van der Waals surface area (Å²) in [6.45, 7) is 8.59. The summed E-state index contributed by atoms with van der Waals surface area (Å²) in [6.07, 6.45) is 4.53. The zero-order valence-electron chi connectivity index (χ0n) is 22.2. The largest absolute Gasteiger partial charge is 0.283 e. The predicted octanol–water partition coefficient (Wildman–Crippen LogP) is 6.83. The molecule has 0 heterocycles.